The van der Waals surface area contributed by atoms with E-state index >= 15 is 0 Å². The molecule has 9 heavy (non-hydrogen) atoms. The Morgan fingerprint density at radius 2 is 2.11 bits per heavy atom. The minimum atomic E-state index is -4.86. The topological polar surface area (TPSA) is 37.3 Å². The van der Waals surface area contributed by atoms with Crippen molar-refractivity contribution < 1.29 is 18.1 Å². The van der Waals surface area contributed by atoms with Gasteiger partial charge in [0.15, 0.2) is 0 Å². The minimum Gasteiger partial charge on any atom is -0.481 e. The standard InChI is InChI=1S/C4H8F2O2Si/c1-2-3-9(5,6)4(7)8/h2-3H2,1H3,(H,7,8). The Balaban J connectivity index is 3.85. The summed E-state index contributed by atoms with van der Waals surface area (Å²) in [6.45, 7) is 1.55. The average Bonchev–Trinajstić information content (AvgIpc) is 1.65. The minimum absolute atomic E-state index is 0.242. The Labute approximate surface area is 52.9 Å². The van der Waals surface area contributed by atoms with Gasteiger partial charge < -0.3 is 5.11 Å². The lowest BCUT2D eigenvalue weighted by atomic mass is 10.6. The first-order valence-electron chi connectivity index (χ1n) is 2.62. The molecule has 2 nitrogen and oxygen atoms in total. The number of halogens is 2. The van der Waals surface area contributed by atoms with Crippen LogP contribution in [0.25, 0.3) is 0 Å². The van der Waals surface area contributed by atoms with Crippen molar-refractivity contribution in [1.82, 2.24) is 0 Å². The molecule has 0 radical (unpaired) electrons. The number of hydrogen-bond acceptors (Lipinski definition) is 1. The van der Waals surface area contributed by atoms with Gasteiger partial charge in [-0.25, -0.2) is 0 Å². The summed E-state index contributed by atoms with van der Waals surface area (Å²) in [5, 5.41) is 7.88. The van der Waals surface area contributed by atoms with Gasteiger partial charge in [0.1, 0.15) is 0 Å². The third-order valence-electron chi connectivity index (χ3n) is 0.877. The highest BCUT2D eigenvalue weighted by Gasteiger charge is 2.44. The van der Waals surface area contributed by atoms with Crippen LogP contribution < -0.4 is 0 Å². The average molecular weight is 154 g/mol. The van der Waals surface area contributed by atoms with Crippen molar-refractivity contribution in [3.63, 3.8) is 0 Å². The zero-order chi connectivity index (χ0) is 7.49. The van der Waals surface area contributed by atoms with Crippen LogP contribution in [0.2, 0.25) is 6.04 Å². The molecule has 0 unspecified atom stereocenters. The second-order valence-corrected chi connectivity index (χ2v) is 4.10. The lowest BCUT2D eigenvalue weighted by molar-refractivity contribution is 0.211. The van der Waals surface area contributed by atoms with E-state index in [9.17, 15) is 13.0 Å². The Hall–Kier alpha value is -0.453. The monoisotopic (exact) mass is 154 g/mol. The predicted molar refractivity (Wildman–Crippen MR) is 31.1 cm³/mol. The van der Waals surface area contributed by atoms with Gasteiger partial charge in [-0.15, -0.1) is 0 Å². The number of rotatable bonds is 3. The van der Waals surface area contributed by atoms with Crippen LogP contribution in [0.5, 0.6) is 0 Å². The maximum Gasteiger partial charge on any atom is 0.536 e. The lowest BCUT2D eigenvalue weighted by Crippen LogP contribution is -2.32. The van der Waals surface area contributed by atoms with Crippen LogP contribution in [-0.4, -0.2) is 19.4 Å². The van der Waals surface area contributed by atoms with E-state index < -0.39 is 20.4 Å². The van der Waals surface area contributed by atoms with Gasteiger partial charge in [-0.05, 0) is 0 Å². The van der Waals surface area contributed by atoms with Crippen molar-refractivity contribution in [2.45, 2.75) is 19.4 Å². The van der Waals surface area contributed by atoms with E-state index in [2.05, 4.69) is 0 Å². The van der Waals surface area contributed by atoms with Gasteiger partial charge in [0.05, 0.1) is 0 Å². The van der Waals surface area contributed by atoms with Crippen LogP contribution in [0.3, 0.4) is 0 Å². The maximum absolute atomic E-state index is 12.1. The quantitative estimate of drug-likeness (QED) is 0.499. The Kier molecular flexibility index (Phi) is 2.76. The summed E-state index contributed by atoms with van der Waals surface area (Å²) >= 11 is 0. The number of carboxylic acid groups (broad SMARTS) is 1. The molecule has 0 saturated heterocycles. The van der Waals surface area contributed by atoms with Gasteiger partial charge in [0.2, 0.25) is 0 Å². The number of hydrogen-bond donors (Lipinski definition) is 1. The summed E-state index contributed by atoms with van der Waals surface area (Å²) in [5.74, 6) is 0. The van der Waals surface area contributed by atoms with E-state index in [-0.39, 0.29) is 6.42 Å². The summed E-state index contributed by atoms with van der Waals surface area (Å²) in [6.07, 6.45) is 0.242. The van der Waals surface area contributed by atoms with Crippen LogP contribution in [0.1, 0.15) is 13.3 Å². The molecule has 0 bridgehead atoms. The van der Waals surface area contributed by atoms with Crippen molar-refractivity contribution >= 4 is 14.3 Å². The Morgan fingerprint density at radius 3 is 2.22 bits per heavy atom. The normalized spacial score (nSPS) is 11.4. The van der Waals surface area contributed by atoms with Crippen LogP contribution >= 0.6 is 0 Å². The molecular formula is C4H8F2O2Si. The molecule has 54 valence electrons. The fourth-order valence-corrected chi connectivity index (χ4v) is 1.26. The second kappa shape index (κ2) is 2.91. The summed E-state index contributed by atoms with van der Waals surface area (Å²) in [4.78, 5) is 9.72. The van der Waals surface area contributed by atoms with Gasteiger partial charge in [-0.2, -0.15) is 0 Å². The third kappa shape index (κ3) is 2.55. The third-order valence-corrected chi connectivity index (χ3v) is 2.63. The zero-order valence-electron chi connectivity index (χ0n) is 5.03. The van der Waals surface area contributed by atoms with Crippen molar-refractivity contribution in [2.75, 3.05) is 0 Å². The van der Waals surface area contributed by atoms with Crippen molar-refractivity contribution in [3.8, 4) is 0 Å². The first-order chi connectivity index (χ1) is 4.00. The maximum atomic E-state index is 12.1. The first-order valence-corrected chi connectivity index (χ1v) is 4.58. The van der Waals surface area contributed by atoms with E-state index in [1.807, 2.05) is 0 Å². The van der Waals surface area contributed by atoms with E-state index in [0.29, 0.717) is 0 Å². The Morgan fingerprint density at radius 1 is 1.67 bits per heavy atom. The smallest absolute Gasteiger partial charge is 0.481 e. The zero-order valence-corrected chi connectivity index (χ0v) is 6.03. The summed E-state index contributed by atoms with van der Waals surface area (Å²) in [5.41, 5.74) is -1.90. The molecule has 0 aliphatic heterocycles. The molecule has 0 rings (SSSR count). The molecule has 0 aromatic rings. The van der Waals surface area contributed by atoms with Crippen molar-refractivity contribution in [2.24, 2.45) is 0 Å². The molecule has 0 fully saturated rings. The molecule has 5 heteroatoms. The SMILES string of the molecule is CCC[Si](F)(F)C(=O)O. The molecule has 0 aromatic carbocycles. The Bertz CT molecular complexity index is 115. The lowest BCUT2D eigenvalue weighted by Gasteiger charge is -2.03. The predicted octanol–water partition coefficient (Wildman–Crippen LogP) is 2.04. The first kappa shape index (κ1) is 8.55. The molecule has 0 aromatic heterocycles. The fraction of sp³-hybridized carbons (Fsp3) is 0.750. The summed E-state index contributed by atoms with van der Waals surface area (Å²) in [7, 11) is -4.86. The van der Waals surface area contributed by atoms with E-state index in [1.165, 1.54) is 0 Å². The van der Waals surface area contributed by atoms with Crippen LogP contribution in [0.4, 0.5) is 13.0 Å². The van der Waals surface area contributed by atoms with E-state index in [0.717, 1.165) is 0 Å². The van der Waals surface area contributed by atoms with Crippen molar-refractivity contribution in [1.29, 1.82) is 0 Å². The molecule has 0 spiro atoms. The molecule has 0 aliphatic rings. The van der Waals surface area contributed by atoms with Gasteiger partial charge in [0.25, 0.3) is 0 Å². The van der Waals surface area contributed by atoms with Gasteiger partial charge in [-0.3, -0.25) is 13.0 Å². The second-order valence-electron chi connectivity index (χ2n) is 1.76. The fourth-order valence-electron chi connectivity index (χ4n) is 0.421. The highest BCUT2D eigenvalue weighted by atomic mass is 28.4. The summed E-state index contributed by atoms with van der Waals surface area (Å²) in [6, 6.07) is -0.442. The van der Waals surface area contributed by atoms with Crippen molar-refractivity contribution in [3.05, 3.63) is 0 Å². The molecule has 0 aliphatic carbocycles. The molecular weight excluding hydrogens is 146 g/mol. The highest BCUT2D eigenvalue weighted by Crippen LogP contribution is 2.15. The van der Waals surface area contributed by atoms with Gasteiger partial charge >= 0.3 is 14.3 Å². The molecule has 0 heterocycles. The van der Waals surface area contributed by atoms with Crippen LogP contribution in [0.15, 0.2) is 0 Å². The molecule has 0 saturated carbocycles. The van der Waals surface area contributed by atoms with E-state index in [4.69, 9.17) is 5.11 Å². The molecule has 1 N–H and O–H groups in total. The summed E-state index contributed by atoms with van der Waals surface area (Å²) < 4.78 is 24.2. The van der Waals surface area contributed by atoms with Crippen LogP contribution in [0, 0.1) is 0 Å². The van der Waals surface area contributed by atoms with Gasteiger partial charge in [-0.1, -0.05) is 13.3 Å². The van der Waals surface area contributed by atoms with E-state index in [1.54, 1.807) is 6.92 Å². The highest BCUT2D eigenvalue weighted by molar-refractivity contribution is 6.94. The van der Waals surface area contributed by atoms with Gasteiger partial charge in [0, 0.05) is 6.04 Å². The molecule has 0 amide bonds. The molecule has 0 atom stereocenters. The number of carbonyl (C=O) groups is 1. The van der Waals surface area contributed by atoms with Crippen LogP contribution in [-0.2, 0) is 0 Å². The largest absolute Gasteiger partial charge is 0.536 e.